The predicted octanol–water partition coefficient (Wildman–Crippen LogP) is 1.58. The van der Waals surface area contributed by atoms with Crippen LogP contribution in [0.5, 0.6) is 0 Å². The van der Waals surface area contributed by atoms with E-state index in [1.54, 1.807) is 23.2 Å². The van der Waals surface area contributed by atoms with E-state index in [1.165, 1.54) is 6.07 Å². The molecule has 1 aliphatic rings. The van der Waals surface area contributed by atoms with Crippen molar-refractivity contribution in [2.45, 2.75) is 6.42 Å². The van der Waals surface area contributed by atoms with E-state index in [9.17, 15) is 12.8 Å². The normalized spacial score (nSPS) is 18.6. The maximum absolute atomic E-state index is 14.4. The summed E-state index contributed by atoms with van der Waals surface area (Å²) in [6, 6.07) is 4.81. The molecule has 3 rings (SSSR count). The summed E-state index contributed by atoms with van der Waals surface area (Å²) in [4.78, 5) is 5.99. The van der Waals surface area contributed by atoms with Crippen LogP contribution in [0.25, 0.3) is 10.9 Å². The summed E-state index contributed by atoms with van der Waals surface area (Å²) in [6.07, 6.45) is 2.07. The number of anilines is 2. The van der Waals surface area contributed by atoms with Crippen LogP contribution in [-0.2, 0) is 9.84 Å². The van der Waals surface area contributed by atoms with Crippen LogP contribution in [0.4, 0.5) is 15.8 Å². The number of fused-ring (bicyclic) bond motifs is 1. The second-order valence-electron chi connectivity index (χ2n) is 5.19. The fourth-order valence-corrected chi connectivity index (χ4v) is 3.96. The molecule has 0 radical (unpaired) electrons. The second kappa shape index (κ2) is 5.14. The number of nitrogens with zero attached hydrogens (tertiary/aromatic N) is 2. The highest BCUT2D eigenvalue weighted by Gasteiger charge is 2.23. The lowest BCUT2D eigenvalue weighted by molar-refractivity contribution is 0.596. The van der Waals surface area contributed by atoms with Crippen molar-refractivity contribution in [2.24, 2.45) is 0 Å². The predicted molar refractivity (Wildman–Crippen MR) is 81.6 cm³/mol. The van der Waals surface area contributed by atoms with E-state index in [0.717, 1.165) is 0 Å². The van der Waals surface area contributed by atoms with E-state index >= 15 is 0 Å². The van der Waals surface area contributed by atoms with E-state index in [4.69, 9.17) is 5.73 Å². The van der Waals surface area contributed by atoms with Crippen LogP contribution in [0.2, 0.25) is 0 Å². The third-order valence-corrected chi connectivity index (χ3v) is 5.44. The maximum Gasteiger partial charge on any atom is 0.152 e. The van der Waals surface area contributed by atoms with Crippen LogP contribution in [0.1, 0.15) is 6.42 Å². The Morgan fingerprint density at radius 2 is 2.10 bits per heavy atom. The van der Waals surface area contributed by atoms with Gasteiger partial charge in [-0.1, -0.05) is 0 Å². The van der Waals surface area contributed by atoms with Gasteiger partial charge in [-0.25, -0.2) is 12.8 Å². The van der Waals surface area contributed by atoms with Crippen molar-refractivity contribution in [2.75, 3.05) is 35.2 Å². The highest BCUT2D eigenvalue weighted by atomic mass is 32.2. The molecule has 0 saturated carbocycles. The summed E-state index contributed by atoms with van der Waals surface area (Å²) in [6.45, 7) is 0.764. The first-order valence-electron chi connectivity index (χ1n) is 6.76. The van der Waals surface area contributed by atoms with Crippen LogP contribution in [-0.4, -0.2) is 38.0 Å². The lowest BCUT2D eigenvalue weighted by Crippen LogP contribution is -2.28. The molecule has 0 bridgehead atoms. The number of sulfone groups is 1. The summed E-state index contributed by atoms with van der Waals surface area (Å²) in [5.41, 5.74) is 7.00. The van der Waals surface area contributed by atoms with Gasteiger partial charge in [0.1, 0.15) is 0 Å². The Bertz CT molecular complexity index is 792. The fourth-order valence-electron chi connectivity index (χ4n) is 2.69. The molecule has 1 saturated heterocycles. The van der Waals surface area contributed by atoms with Crippen molar-refractivity contribution < 1.29 is 12.8 Å². The van der Waals surface area contributed by atoms with Crippen LogP contribution in [0, 0.1) is 5.82 Å². The Balaban J connectivity index is 2.12. The molecule has 2 heterocycles. The van der Waals surface area contributed by atoms with E-state index in [0.29, 0.717) is 35.2 Å². The summed E-state index contributed by atoms with van der Waals surface area (Å²) < 4.78 is 37.8. The van der Waals surface area contributed by atoms with Crippen LogP contribution in [0.3, 0.4) is 0 Å². The molecule has 7 heteroatoms. The topological polar surface area (TPSA) is 76.3 Å². The summed E-state index contributed by atoms with van der Waals surface area (Å²) in [5, 5.41) is 0.681. The van der Waals surface area contributed by atoms with Gasteiger partial charge in [-0.15, -0.1) is 0 Å². The van der Waals surface area contributed by atoms with Gasteiger partial charge in [-0.2, -0.15) is 0 Å². The number of hydrogen-bond acceptors (Lipinski definition) is 5. The third kappa shape index (κ3) is 2.65. The lowest BCUT2D eigenvalue weighted by Gasteiger charge is -2.24. The summed E-state index contributed by atoms with van der Waals surface area (Å²) in [7, 11) is -3.04. The minimum absolute atomic E-state index is 0.0329. The molecule has 1 aromatic carbocycles. The van der Waals surface area contributed by atoms with E-state index < -0.39 is 15.7 Å². The summed E-state index contributed by atoms with van der Waals surface area (Å²) >= 11 is 0. The largest absolute Gasteiger partial charge is 0.398 e. The van der Waals surface area contributed by atoms with Crippen molar-refractivity contribution in [3.63, 3.8) is 0 Å². The molecule has 2 aromatic rings. The summed E-state index contributed by atoms with van der Waals surface area (Å²) in [5.74, 6) is -0.283. The molecular weight excluding hydrogens is 293 g/mol. The molecular formula is C14H16FN3O2S. The number of pyridine rings is 1. The first-order valence-corrected chi connectivity index (χ1v) is 8.58. The number of hydrogen-bond donors (Lipinski definition) is 1. The van der Waals surface area contributed by atoms with Gasteiger partial charge < -0.3 is 10.6 Å². The molecule has 1 fully saturated rings. The molecule has 2 N–H and O–H groups in total. The molecule has 0 amide bonds. The highest BCUT2D eigenvalue weighted by molar-refractivity contribution is 7.91. The Morgan fingerprint density at radius 1 is 1.29 bits per heavy atom. The average molecular weight is 309 g/mol. The van der Waals surface area contributed by atoms with Gasteiger partial charge in [0.05, 0.1) is 22.7 Å². The quantitative estimate of drug-likeness (QED) is 0.809. The van der Waals surface area contributed by atoms with Crippen molar-refractivity contribution in [1.82, 2.24) is 4.98 Å². The smallest absolute Gasteiger partial charge is 0.152 e. The first-order chi connectivity index (χ1) is 9.98. The number of halogens is 1. The third-order valence-electron chi connectivity index (χ3n) is 3.72. The highest BCUT2D eigenvalue weighted by Crippen LogP contribution is 2.33. The average Bonchev–Trinajstić information content (AvgIpc) is 2.60. The Kier molecular flexibility index (Phi) is 3.44. The number of nitrogen functional groups attached to an aromatic ring is 1. The minimum atomic E-state index is -3.04. The number of nitrogens with two attached hydrogens (primary N) is 1. The Labute approximate surface area is 122 Å². The van der Waals surface area contributed by atoms with Crippen LogP contribution < -0.4 is 10.6 Å². The molecule has 5 nitrogen and oxygen atoms in total. The van der Waals surface area contributed by atoms with Gasteiger partial charge >= 0.3 is 0 Å². The molecule has 0 unspecified atom stereocenters. The lowest BCUT2D eigenvalue weighted by atomic mass is 10.1. The Morgan fingerprint density at radius 3 is 2.90 bits per heavy atom. The zero-order valence-corrected chi connectivity index (χ0v) is 12.2. The molecule has 0 atom stereocenters. The molecule has 0 aliphatic carbocycles. The first kappa shape index (κ1) is 14.1. The van der Waals surface area contributed by atoms with E-state index in [1.807, 2.05) is 0 Å². The molecule has 0 spiro atoms. The zero-order chi connectivity index (χ0) is 15.0. The Hall–Kier alpha value is -1.89. The molecule has 112 valence electrons. The minimum Gasteiger partial charge on any atom is -0.398 e. The van der Waals surface area contributed by atoms with Gasteiger partial charge in [0, 0.05) is 30.4 Å². The van der Waals surface area contributed by atoms with Crippen LogP contribution in [0.15, 0.2) is 24.4 Å². The second-order valence-corrected chi connectivity index (χ2v) is 7.49. The van der Waals surface area contributed by atoms with Gasteiger partial charge in [-0.3, -0.25) is 4.98 Å². The fraction of sp³-hybridized carbons (Fsp3) is 0.357. The van der Waals surface area contributed by atoms with Crippen molar-refractivity contribution in [3.8, 4) is 0 Å². The zero-order valence-electron chi connectivity index (χ0n) is 11.4. The van der Waals surface area contributed by atoms with Gasteiger partial charge in [0.15, 0.2) is 15.7 Å². The standard InChI is InChI=1S/C14H16FN3O2S/c15-11-9-12(16)10-3-1-4-17-13(10)14(11)18-5-2-7-21(19,20)8-6-18/h1,3-4,9H,2,5-8,16H2. The van der Waals surface area contributed by atoms with Gasteiger partial charge in [0.2, 0.25) is 0 Å². The monoisotopic (exact) mass is 309 g/mol. The molecule has 1 aliphatic heterocycles. The van der Waals surface area contributed by atoms with Crippen molar-refractivity contribution in [1.29, 1.82) is 0 Å². The maximum atomic E-state index is 14.4. The number of aromatic nitrogens is 1. The number of rotatable bonds is 1. The SMILES string of the molecule is Nc1cc(F)c(N2CCCS(=O)(=O)CC2)c2ncccc12. The van der Waals surface area contributed by atoms with Gasteiger partial charge in [0.25, 0.3) is 0 Å². The molecule has 1 aromatic heterocycles. The van der Waals surface area contributed by atoms with E-state index in [2.05, 4.69) is 4.98 Å². The van der Waals surface area contributed by atoms with Gasteiger partial charge in [-0.05, 0) is 24.6 Å². The van der Waals surface area contributed by atoms with Crippen LogP contribution >= 0.6 is 0 Å². The van der Waals surface area contributed by atoms with Crippen molar-refractivity contribution >= 4 is 32.1 Å². The number of benzene rings is 1. The van der Waals surface area contributed by atoms with Crippen molar-refractivity contribution in [3.05, 3.63) is 30.2 Å². The molecule has 21 heavy (non-hydrogen) atoms. The van der Waals surface area contributed by atoms with E-state index in [-0.39, 0.29) is 18.1 Å².